The summed E-state index contributed by atoms with van der Waals surface area (Å²) in [6, 6.07) is 22.8. The van der Waals surface area contributed by atoms with Gasteiger partial charge >= 0.3 is 0 Å². The Hall–Kier alpha value is -4.10. The number of thiocarbonyl (C=S) groups is 1. The third-order valence-electron chi connectivity index (χ3n) is 5.13. The van der Waals surface area contributed by atoms with Crippen molar-refractivity contribution in [2.24, 2.45) is 0 Å². The summed E-state index contributed by atoms with van der Waals surface area (Å²) in [4.78, 5) is 21.3. The molecule has 5 aromatic rings. The molecular weight excluding hydrogens is 420 g/mol. The van der Waals surface area contributed by atoms with E-state index in [1.807, 2.05) is 73.7 Å². The maximum absolute atomic E-state index is 12.6. The number of nitrogens with zero attached hydrogens (tertiary/aromatic N) is 2. The fourth-order valence-electron chi connectivity index (χ4n) is 3.49. The van der Waals surface area contributed by atoms with E-state index in [1.54, 1.807) is 12.3 Å². The van der Waals surface area contributed by atoms with Crippen LogP contribution in [-0.2, 0) is 0 Å². The van der Waals surface area contributed by atoms with E-state index in [0.29, 0.717) is 22.7 Å². The topological polar surface area (TPSA) is 80.1 Å². The Kier molecular flexibility index (Phi) is 5.09. The highest BCUT2D eigenvalue weighted by molar-refractivity contribution is 7.80. The lowest BCUT2D eigenvalue weighted by Gasteiger charge is -2.12. The first-order valence-electron chi connectivity index (χ1n) is 10.0. The number of fused-ring (bicyclic) bond motifs is 2. The van der Waals surface area contributed by atoms with E-state index in [4.69, 9.17) is 16.6 Å². The van der Waals surface area contributed by atoms with E-state index in [9.17, 15) is 4.79 Å². The quantitative estimate of drug-likeness (QED) is 0.363. The number of carbonyl (C=O) groups is 1. The number of hydrogen-bond donors (Lipinski definition) is 2. The first-order chi connectivity index (χ1) is 15.6. The molecule has 0 aliphatic heterocycles. The second-order valence-corrected chi connectivity index (χ2v) is 7.75. The van der Waals surface area contributed by atoms with Gasteiger partial charge in [-0.2, -0.15) is 4.98 Å². The zero-order chi connectivity index (χ0) is 22.1. The third-order valence-corrected chi connectivity index (χ3v) is 5.33. The molecule has 2 N–H and O–H groups in total. The number of aryl methyl sites for hydroxylation is 1. The molecule has 5 rings (SSSR count). The molecule has 0 bridgehead atoms. The fraction of sp³-hybridized carbons (Fsp3) is 0.0400. The van der Waals surface area contributed by atoms with Gasteiger partial charge in [0.2, 0.25) is 5.89 Å². The molecule has 3 aromatic carbocycles. The van der Waals surface area contributed by atoms with E-state index < -0.39 is 0 Å². The highest BCUT2D eigenvalue weighted by atomic mass is 32.1. The van der Waals surface area contributed by atoms with Crippen molar-refractivity contribution >= 4 is 50.9 Å². The first kappa shape index (κ1) is 19.8. The summed E-state index contributed by atoms with van der Waals surface area (Å²) in [5.74, 6) is 0.238. The zero-order valence-electron chi connectivity index (χ0n) is 17.1. The van der Waals surface area contributed by atoms with E-state index in [1.165, 1.54) is 0 Å². The van der Waals surface area contributed by atoms with E-state index >= 15 is 0 Å². The van der Waals surface area contributed by atoms with Crippen molar-refractivity contribution in [3.05, 3.63) is 90.1 Å². The number of nitrogens with one attached hydrogen (secondary N) is 2. The number of anilines is 1. The minimum atomic E-state index is -0.262. The predicted octanol–water partition coefficient (Wildman–Crippen LogP) is 5.48. The van der Waals surface area contributed by atoms with Gasteiger partial charge in [-0.1, -0.05) is 30.3 Å². The smallest absolute Gasteiger partial charge is 0.257 e. The van der Waals surface area contributed by atoms with Crippen molar-refractivity contribution in [2.75, 3.05) is 5.32 Å². The summed E-state index contributed by atoms with van der Waals surface area (Å²) in [5, 5.41) is 8.14. The number of aromatic nitrogens is 2. The molecule has 0 fully saturated rings. The molecule has 0 saturated carbocycles. The lowest BCUT2D eigenvalue weighted by Crippen LogP contribution is -2.34. The molecule has 0 aliphatic carbocycles. The summed E-state index contributed by atoms with van der Waals surface area (Å²) < 4.78 is 5.79. The number of carbonyl (C=O) groups excluding carboxylic acids is 1. The Morgan fingerprint density at radius 2 is 1.81 bits per heavy atom. The molecular formula is C25H18N4O2S. The summed E-state index contributed by atoms with van der Waals surface area (Å²) in [6.07, 6.45) is 1.68. The van der Waals surface area contributed by atoms with E-state index in [0.717, 1.165) is 27.6 Å². The van der Waals surface area contributed by atoms with Gasteiger partial charge in [-0.3, -0.25) is 10.1 Å². The van der Waals surface area contributed by atoms with Crippen molar-refractivity contribution < 1.29 is 9.21 Å². The van der Waals surface area contributed by atoms with Crippen molar-refractivity contribution in [3.63, 3.8) is 0 Å². The Balaban J connectivity index is 1.29. The van der Waals surface area contributed by atoms with Gasteiger partial charge < -0.3 is 9.73 Å². The van der Waals surface area contributed by atoms with Crippen LogP contribution < -0.4 is 10.6 Å². The maximum Gasteiger partial charge on any atom is 0.257 e. The fourth-order valence-corrected chi connectivity index (χ4v) is 3.69. The van der Waals surface area contributed by atoms with Crippen LogP contribution in [0.25, 0.3) is 33.5 Å². The van der Waals surface area contributed by atoms with Crippen LogP contribution in [0.3, 0.4) is 0 Å². The van der Waals surface area contributed by atoms with Crippen molar-refractivity contribution in [3.8, 4) is 11.5 Å². The highest BCUT2D eigenvalue weighted by Crippen LogP contribution is 2.26. The van der Waals surface area contributed by atoms with Gasteiger partial charge in [-0.15, -0.1) is 0 Å². The van der Waals surface area contributed by atoms with Crippen LogP contribution in [0.2, 0.25) is 0 Å². The predicted molar refractivity (Wildman–Crippen MR) is 130 cm³/mol. The van der Waals surface area contributed by atoms with Crippen molar-refractivity contribution in [1.82, 2.24) is 15.3 Å². The second-order valence-electron chi connectivity index (χ2n) is 7.34. The summed E-state index contributed by atoms with van der Waals surface area (Å²) >= 11 is 5.36. The molecule has 0 unspecified atom stereocenters. The Morgan fingerprint density at radius 3 is 2.62 bits per heavy atom. The summed E-state index contributed by atoms with van der Waals surface area (Å²) in [6.45, 7) is 1.94. The Labute approximate surface area is 189 Å². The van der Waals surface area contributed by atoms with Crippen LogP contribution in [0, 0.1) is 6.92 Å². The molecule has 0 spiro atoms. The van der Waals surface area contributed by atoms with Crippen LogP contribution in [0.5, 0.6) is 0 Å². The minimum absolute atomic E-state index is 0.227. The van der Waals surface area contributed by atoms with Gasteiger partial charge in [-0.25, -0.2) is 4.98 Å². The molecule has 0 aliphatic rings. The molecule has 6 nitrogen and oxygen atoms in total. The monoisotopic (exact) mass is 438 g/mol. The van der Waals surface area contributed by atoms with Gasteiger partial charge in [-0.05, 0) is 77.9 Å². The minimum Gasteiger partial charge on any atom is -0.434 e. The molecule has 32 heavy (non-hydrogen) atoms. The van der Waals surface area contributed by atoms with Crippen molar-refractivity contribution in [2.45, 2.75) is 6.92 Å². The SMILES string of the molecule is Cc1cc(-c2nc3ncccc3o2)ccc1NC(=S)NC(=O)c1ccc2ccccc2c1. The summed E-state index contributed by atoms with van der Waals surface area (Å²) in [5.41, 5.74) is 4.30. The van der Waals surface area contributed by atoms with Crippen molar-refractivity contribution in [1.29, 1.82) is 0 Å². The number of oxazole rings is 1. The van der Waals surface area contributed by atoms with Crippen LogP contribution in [0.1, 0.15) is 15.9 Å². The summed E-state index contributed by atoms with van der Waals surface area (Å²) in [7, 11) is 0. The average molecular weight is 439 g/mol. The molecule has 156 valence electrons. The van der Waals surface area contributed by atoms with Gasteiger partial charge in [0.15, 0.2) is 16.3 Å². The molecule has 7 heteroatoms. The molecule has 2 heterocycles. The molecule has 0 saturated heterocycles. The van der Waals surface area contributed by atoms with Gasteiger partial charge in [0.1, 0.15) is 0 Å². The molecule has 2 aromatic heterocycles. The van der Waals surface area contributed by atoms with E-state index in [2.05, 4.69) is 20.6 Å². The lowest BCUT2D eigenvalue weighted by atomic mass is 10.1. The van der Waals surface area contributed by atoms with Gasteiger partial charge in [0.25, 0.3) is 5.91 Å². The average Bonchev–Trinajstić information content (AvgIpc) is 3.24. The largest absolute Gasteiger partial charge is 0.434 e. The Morgan fingerprint density at radius 1 is 0.969 bits per heavy atom. The number of rotatable bonds is 3. The van der Waals surface area contributed by atoms with Crippen LogP contribution >= 0.6 is 12.2 Å². The van der Waals surface area contributed by atoms with Crippen LogP contribution in [0.15, 0.2) is 83.4 Å². The van der Waals surface area contributed by atoms with Crippen LogP contribution in [0.4, 0.5) is 5.69 Å². The zero-order valence-corrected chi connectivity index (χ0v) is 17.9. The number of amides is 1. The molecule has 1 amide bonds. The maximum atomic E-state index is 12.6. The number of hydrogen-bond acceptors (Lipinski definition) is 5. The normalized spacial score (nSPS) is 10.9. The van der Waals surface area contributed by atoms with Crippen LogP contribution in [-0.4, -0.2) is 21.0 Å². The molecule has 0 atom stereocenters. The number of pyridine rings is 1. The first-order valence-corrected chi connectivity index (χ1v) is 10.4. The van der Waals surface area contributed by atoms with Gasteiger partial charge in [0.05, 0.1) is 0 Å². The Bertz CT molecular complexity index is 1460. The molecule has 0 radical (unpaired) electrons. The third kappa shape index (κ3) is 3.93. The standard InChI is InChI=1S/C25H18N4O2S/c1-15-13-19(24-28-22-21(31-24)7-4-12-26-22)10-11-20(15)27-25(32)29-23(30)18-9-8-16-5-2-3-6-17(16)14-18/h2-14H,1H3,(H2,27,29,30,32). The lowest BCUT2D eigenvalue weighted by molar-refractivity contribution is 0.0978. The van der Waals surface area contributed by atoms with E-state index in [-0.39, 0.29) is 11.0 Å². The highest BCUT2D eigenvalue weighted by Gasteiger charge is 2.12. The van der Waals surface area contributed by atoms with Gasteiger partial charge in [0, 0.05) is 23.0 Å². The second kappa shape index (κ2) is 8.20. The number of benzene rings is 3.